The average Bonchev–Trinajstić information content (AvgIpc) is 2.74. The van der Waals surface area contributed by atoms with Crippen LogP contribution in [0.3, 0.4) is 0 Å². The van der Waals surface area contributed by atoms with Crippen LogP contribution < -0.4 is 10.6 Å². The van der Waals surface area contributed by atoms with E-state index in [1.165, 1.54) is 13.8 Å². The van der Waals surface area contributed by atoms with Gasteiger partial charge in [-0.05, 0) is 0 Å². The lowest BCUT2D eigenvalue weighted by Gasteiger charge is -2.35. The molecule has 0 aromatic carbocycles. The molecule has 2 heterocycles. The first-order valence-corrected chi connectivity index (χ1v) is 10.9. The molecular weight excluding hydrogens is 404 g/mol. The van der Waals surface area contributed by atoms with Gasteiger partial charge in [0.1, 0.15) is 13.2 Å². The minimum atomic E-state index is -0.0999. The summed E-state index contributed by atoms with van der Waals surface area (Å²) in [4.78, 5) is 54.4. The SMILES string of the molecule is CC(=O)NCCN1CCN(C(=O)COCC(=O)N2CCN(CCNC(C)=O)CC2)CC1. The van der Waals surface area contributed by atoms with E-state index in [1.807, 2.05) is 0 Å². The summed E-state index contributed by atoms with van der Waals surface area (Å²) in [5, 5.41) is 5.55. The van der Waals surface area contributed by atoms with Crippen molar-refractivity contribution in [1.29, 1.82) is 0 Å². The lowest BCUT2D eigenvalue weighted by atomic mass is 10.3. The maximum absolute atomic E-state index is 12.3. The molecule has 11 heteroatoms. The van der Waals surface area contributed by atoms with Crippen LogP contribution in [0.1, 0.15) is 13.8 Å². The molecular formula is C20H36N6O5. The number of rotatable bonds is 10. The number of hydrogen-bond donors (Lipinski definition) is 2. The second-order valence-corrected chi connectivity index (χ2v) is 7.90. The zero-order valence-electron chi connectivity index (χ0n) is 18.7. The smallest absolute Gasteiger partial charge is 0.248 e. The third kappa shape index (κ3) is 9.62. The lowest BCUT2D eigenvalue weighted by Crippen LogP contribution is -2.52. The molecule has 2 fully saturated rings. The van der Waals surface area contributed by atoms with Gasteiger partial charge in [-0.2, -0.15) is 0 Å². The quantitative estimate of drug-likeness (QED) is 0.388. The van der Waals surface area contributed by atoms with E-state index in [0.29, 0.717) is 39.3 Å². The first-order valence-electron chi connectivity index (χ1n) is 10.9. The highest BCUT2D eigenvalue weighted by Crippen LogP contribution is 2.04. The van der Waals surface area contributed by atoms with Crippen LogP contribution in [0, 0.1) is 0 Å². The number of ether oxygens (including phenoxy) is 1. The molecule has 0 aromatic rings. The number of amides is 4. The molecule has 0 aliphatic carbocycles. The first kappa shape index (κ1) is 25.0. The first-order chi connectivity index (χ1) is 14.8. The molecule has 0 unspecified atom stereocenters. The third-order valence-electron chi connectivity index (χ3n) is 5.51. The van der Waals surface area contributed by atoms with Gasteiger partial charge in [0.05, 0.1) is 0 Å². The van der Waals surface area contributed by atoms with Gasteiger partial charge in [0, 0.05) is 92.4 Å². The Morgan fingerprint density at radius 2 is 1.00 bits per heavy atom. The third-order valence-corrected chi connectivity index (χ3v) is 5.51. The molecule has 0 spiro atoms. The van der Waals surface area contributed by atoms with Crippen molar-refractivity contribution in [3.63, 3.8) is 0 Å². The van der Waals surface area contributed by atoms with E-state index in [2.05, 4.69) is 20.4 Å². The molecule has 0 aromatic heterocycles. The fourth-order valence-corrected chi connectivity index (χ4v) is 3.63. The molecule has 2 aliphatic rings. The molecule has 4 amide bonds. The van der Waals surface area contributed by atoms with Gasteiger partial charge >= 0.3 is 0 Å². The van der Waals surface area contributed by atoms with Crippen molar-refractivity contribution in [3.05, 3.63) is 0 Å². The Bertz CT molecular complexity index is 563. The van der Waals surface area contributed by atoms with Crippen molar-refractivity contribution in [2.75, 3.05) is 91.8 Å². The van der Waals surface area contributed by atoms with Gasteiger partial charge in [0.2, 0.25) is 23.6 Å². The molecule has 0 saturated carbocycles. The van der Waals surface area contributed by atoms with E-state index >= 15 is 0 Å². The van der Waals surface area contributed by atoms with Crippen LogP contribution >= 0.6 is 0 Å². The van der Waals surface area contributed by atoms with E-state index in [-0.39, 0.29) is 36.8 Å². The van der Waals surface area contributed by atoms with Crippen LogP contribution in [0.2, 0.25) is 0 Å². The summed E-state index contributed by atoms with van der Waals surface area (Å²) >= 11 is 0. The molecule has 2 N–H and O–H groups in total. The fourth-order valence-electron chi connectivity index (χ4n) is 3.63. The van der Waals surface area contributed by atoms with Crippen molar-refractivity contribution in [2.24, 2.45) is 0 Å². The van der Waals surface area contributed by atoms with E-state index in [4.69, 9.17) is 4.74 Å². The number of nitrogens with zero attached hydrogens (tertiary/aromatic N) is 4. The predicted octanol–water partition coefficient (Wildman–Crippen LogP) is -2.44. The van der Waals surface area contributed by atoms with Crippen LogP contribution in [0.5, 0.6) is 0 Å². The van der Waals surface area contributed by atoms with Crippen LogP contribution in [0.25, 0.3) is 0 Å². The average molecular weight is 441 g/mol. The Hall–Kier alpha value is -2.24. The number of hydrogen-bond acceptors (Lipinski definition) is 7. The molecule has 176 valence electrons. The van der Waals surface area contributed by atoms with Gasteiger partial charge in [0.25, 0.3) is 0 Å². The second kappa shape index (κ2) is 13.2. The van der Waals surface area contributed by atoms with Crippen molar-refractivity contribution in [2.45, 2.75) is 13.8 Å². The Balaban J connectivity index is 1.55. The van der Waals surface area contributed by atoms with Crippen molar-refractivity contribution in [3.8, 4) is 0 Å². The summed E-state index contributed by atoms with van der Waals surface area (Å²) in [5.74, 6) is -0.275. The van der Waals surface area contributed by atoms with E-state index in [9.17, 15) is 19.2 Å². The molecule has 2 rings (SSSR count). The number of nitrogens with one attached hydrogen (secondary N) is 2. The van der Waals surface area contributed by atoms with Gasteiger partial charge < -0.3 is 25.2 Å². The van der Waals surface area contributed by atoms with Crippen LogP contribution in [-0.2, 0) is 23.9 Å². The Morgan fingerprint density at radius 3 is 1.32 bits per heavy atom. The highest BCUT2D eigenvalue weighted by molar-refractivity contribution is 5.80. The summed E-state index contributed by atoms with van der Waals surface area (Å²) in [6.07, 6.45) is 0. The molecule has 0 bridgehead atoms. The standard InChI is InChI=1S/C20H36N6O5/c1-17(27)21-3-5-23-7-11-25(12-8-23)19(29)15-31-16-20(30)26-13-9-24(10-14-26)6-4-22-18(2)28/h3-16H2,1-2H3,(H,21,27)(H,22,28). The van der Waals surface area contributed by atoms with Crippen molar-refractivity contribution < 1.29 is 23.9 Å². The van der Waals surface area contributed by atoms with Gasteiger partial charge in [-0.25, -0.2) is 0 Å². The van der Waals surface area contributed by atoms with E-state index in [0.717, 1.165) is 39.3 Å². The number of carbonyl (C=O) groups is 4. The summed E-state index contributed by atoms with van der Waals surface area (Å²) in [7, 11) is 0. The monoisotopic (exact) mass is 440 g/mol. The molecule has 2 aliphatic heterocycles. The molecule has 0 radical (unpaired) electrons. The number of carbonyl (C=O) groups excluding carboxylic acids is 4. The summed E-state index contributed by atoms with van der Waals surface area (Å²) in [6.45, 7) is 11.1. The predicted molar refractivity (Wildman–Crippen MR) is 114 cm³/mol. The minimum Gasteiger partial charge on any atom is -0.362 e. The topological polar surface area (TPSA) is 115 Å². The minimum absolute atomic E-state index is 0.0376. The van der Waals surface area contributed by atoms with Gasteiger partial charge in [-0.3, -0.25) is 29.0 Å². The van der Waals surface area contributed by atoms with Crippen LogP contribution in [0.4, 0.5) is 0 Å². The second-order valence-electron chi connectivity index (χ2n) is 7.90. The zero-order chi connectivity index (χ0) is 22.6. The normalized spacial score (nSPS) is 18.0. The summed E-state index contributed by atoms with van der Waals surface area (Å²) in [5.41, 5.74) is 0. The van der Waals surface area contributed by atoms with Crippen molar-refractivity contribution >= 4 is 23.6 Å². The highest BCUT2D eigenvalue weighted by Gasteiger charge is 2.23. The Labute approximate surface area is 184 Å². The maximum atomic E-state index is 12.3. The largest absolute Gasteiger partial charge is 0.362 e. The molecule has 31 heavy (non-hydrogen) atoms. The van der Waals surface area contributed by atoms with E-state index < -0.39 is 0 Å². The fraction of sp³-hybridized carbons (Fsp3) is 0.800. The van der Waals surface area contributed by atoms with E-state index in [1.54, 1.807) is 9.80 Å². The highest BCUT2D eigenvalue weighted by atomic mass is 16.5. The Morgan fingerprint density at radius 1 is 0.645 bits per heavy atom. The lowest BCUT2D eigenvalue weighted by molar-refractivity contribution is -0.143. The molecule has 0 atom stereocenters. The Kier molecular flexibility index (Phi) is 10.7. The maximum Gasteiger partial charge on any atom is 0.248 e. The van der Waals surface area contributed by atoms with Gasteiger partial charge in [0.15, 0.2) is 0 Å². The molecule has 2 saturated heterocycles. The summed E-state index contributed by atoms with van der Waals surface area (Å²) in [6, 6.07) is 0. The zero-order valence-corrected chi connectivity index (χ0v) is 18.7. The van der Waals surface area contributed by atoms with Crippen molar-refractivity contribution in [1.82, 2.24) is 30.2 Å². The molecule has 11 nitrogen and oxygen atoms in total. The number of piperazine rings is 2. The van der Waals surface area contributed by atoms with Crippen LogP contribution in [-0.4, -0.2) is 135 Å². The van der Waals surface area contributed by atoms with Gasteiger partial charge in [-0.1, -0.05) is 0 Å². The van der Waals surface area contributed by atoms with Gasteiger partial charge in [-0.15, -0.1) is 0 Å². The van der Waals surface area contributed by atoms with Crippen LogP contribution in [0.15, 0.2) is 0 Å². The summed E-state index contributed by atoms with van der Waals surface area (Å²) < 4.78 is 5.40.